The van der Waals surface area contributed by atoms with Crippen LogP contribution < -0.4 is 10.1 Å². The fraction of sp³-hybridized carbons (Fsp3) is 0.533. The van der Waals surface area contributed by atoms with Crippen molar-refractivity contribution in [1.82, 2.24) is 5.32 Å². The minimum absolute atomic E-state index is 0.0160. The predicted molar refractivity (Wildman–Crippen MR) is 75.0 cm³/mol. The second kappa shape index (κ2) is 6.70. The first kappa shape index (κ1) is 16.4. The monoisotopic (exact) mass is 283 g/mol. The van der Waals surface area contributed by atoms with Gasteiger partial charge in [-0.2, -0.15) is 0 Å². The SMILES string of the molecule is CC(Oc1cccc(F)c1)C(=O)NCC(C)(O)C(C)C. The smallest absolute Gasteiger partial charge is 0.260 e. The minimum Gasteiger partial charge on any atom is -0.481 e. The molecule has 0 aliphatic rings. The van der Waals surface area contributed by atoms with Gasteiger partial charge in [-0.15, -0.1) is 0 Å². The standard InChI is InChI=1S/C15H22FNO3/c1-10(2)15(4,19)9-17-14(18)11(3)20-13-7-5-6-12(16)8-13/h5-8,10-11,19H,9H2,1-4H3,(H,17,18). The number of hydrogen-bond acceptors (Lipinski definition) is 3. The lowest BCUT2D eigenvalue weighted by atomic mass is 9.92. The number of halogens is 1. The van der Waals surface area contributed by atoms with Crippen LogP contribution in [0.1, 0.15) is 27.7 Å². The zero-order valence-corrected chi connectivity index (χ0v) is 12.3. The summed E-state index contributed by atoms with van der Waals surface area (Å²) < 4.78 is 18.3. The highest BCUT2D eigenvalue weighted by molar-refractivity contribution is 5.80. The van der Waals surface area contributed by atoms with Crippen LogP contribution in [0.5, 0.6) is 5.75 Å². The molecule has 0 spiro atoms. The number of ether oxygens (including phenoxy) is 1. The molecule has 2 N–H and O–H groups in total. The Labute approximate surface area is 119 Å². The lowest BCUT2D eigenvalue weighted by molar-refractivity contribution is -0.128. The Kier molecular flexibility index (Phi) is 5.51. The first-order chi connectivity index (χ1) is 9.22. The van der Waals surface area contributed by atoms with E-state index in [2.05, 4.69) is 5.32 Å². The fourth-order valence-electron chi connectivity index (χ4n) is 1.41. The molecule has 1 aromatic carbocycles. The van der Waals surface area contributed by atoms with Crippen LogP contribution in [0.2, 0.25) is 0 Å². The van der Waals surface area contributed by atoms with E-state index in [0.29, 0.717) is 5.75 Å². The normalized spacial score (nSPS) is 15.6. The minimum atomic E-state index is -0.978. The molecular weight excluding hydrogens is 261 g/mol. The summed E-state index contributed by atoms with van der Waals surface area (Å²) in [4.78, 5) is 11.9. The summed E-state index contributed by atoms with van der Waals surface area (Å²) in [5.41, 5.74) is -0.978. The summed E-state index contributed by atoms with van der Waals surface area (Å²) in [7, 11) is 0. The first-order valence-corrected chi connectivity index (χ1v) is 6.64. The molecule has 1 amide bonds. The quantitative estimate of drug-likeness (QED) is 0.840. The van der Waals surface area contributed by atoms with Gasteiger partial charge in [-0.05, 0) is 31.9 Å². The number of rotatable bonds is 6. The number of aliphatic hydroxyl groups is 1. The highest BCUT2D eigenvalue weighted by Crippen LogP contribution is 2.16. The van der Waals surface area contributed by atoms with Crippen molar-refractivity contribution in [3.8, 4) is 5.75 Å². The maximum Gasteiger partial charge on any atom is 0.260 e. The van der Waals surface area contributed by atoms with Crippen molar-refractivity contribution in [3.05, 3.63) is 30.1 Å². The number of carbonyl (C=O) groups is 1. The summed E-state index contributed by atoms with van der Waals surface area (Å²) in [5.74, 6) is -0.460. The van der Waals surface area contributed by atoms with Gasteiger partial charge in [0, 0.05) is 12.6 Å². The van der Waals surface area contributed by atoms with E-state index in [1.807, 2.05) is 13.8 Å². The van der Waals surface area contributed by atoms with Gasteiger partial charge in [0.25, 0.3) is 5.91 Å². The summed E-state index contributed by atoms with van der Waals surface area (Å²) in [6.07, 6.45) is -0.764. The van der Waals surface area contributed by atoms with Crippen molar-refractivity contribution < 1.29 is 19.0 Å². The van der Waals surface area contributed by atoms with Gasteiger partial charge in [0.15, 0.2) is 6.10 Å². The highest BCUT2D eigenvalue weighted by Gasteiger charge is 2.26. The van der Waals surface area contributed by atoms with Crippen molar-refractivity contribution in [2.45, 2.75) is 39.4 Å². The molecular formula is C15H22FNO3. The zero-order chi connectivity index (χ0) is 15.3. The van der Waals surface area contributed by atoms with Crippen molar-refractivity contribution in [2.75, 3.05) is 6.54 Å². The predicted octanol–water partition coefficient (Wildman–Crippen LogP) is 2.12. The van der Waals surface area contributed by atoms with Gasteiger partial charge in [-0.1, -0.05) is 19.9 Å². The average Bonchev–Trinajstić information content (AvgIpc) is 2.35. The lowest BCUT2D eigenvalue weighted by Gasteiger charge is -2.28. The maximum absolute atomic E-state index is 13.0. The molecule has 1 aromatic rings. The largest absolute Gasteiger partial charge is 0.481 e. The molecule has 20 heavy (non-hydrogen) atoms. The average molecular weight is 283 g/mol. The molecule has 0 saturated carbocycles. The third-order valence-corrected chi connectivity index (χ3v) is 3.34. The van der Waals surface area contributed by atoms with E-state index in [4.69, 9.17) is 4.74 Å². The third-order valence-electron chi connectivity index (χ3n) is 3.34. The number of nitrogens with one attached hydrogen (secondary N) is 1. The molecule has 1 rings (SSSR count). The second-order valence-electron chi connectivity index (χ2n) is 5.45. The van der Waals surface area contributed by atoms with Crippen molar-refractivity contribution in [3.63, 3.8) is 0 Å². The van der Waals surface area contributed by atoms with Gasteiger partial charge in [-0.25, -0.2) is 4.39 Å². The number of amides is 1. The summed E-state index contributed by atoms with van der Waals surface area (Å²) in [6, 6.07) is 5.61. The maximum atomic E-state index is 13.0. The molecule has 4 nitrogen and oxygen atoms in total. The van der Waals surface area contributed by atoms with Gasteiger partial charge in [0.1, 0.15) is 11.6 Å². The van der Waals surface area contributed by atoms with Crippen LogP contribution in [-0.4, -0.2) is 29.3 Å². The molecule has 0 aromatic heterocycles. The van der Waals surface area contributed by atoms with E-state index in [9.17, 15) is 14.3 Å². The number of carbonyl (C=O) groups excluding carboxylic acids is 1. The Hall–Kier alpha value is -1.62. The Morgan fingerprint density at radius 2 is 2.10 bits per heavy atom. The molecule has 0 aliphatic heterocycles. The summed E-state index contributed by atoms with van der Waals surface area (Å²) in [6.45, 7) is 7.12. The van der Waals surface area contributed by atoms with E-state index < -0.39 is 17.5 Å². The number of benzene rings is 1. The first-order valence-electron chi connectivity index (χ1n) is 6.64. The Balaban J connectivity index is 2.52. The molecule has 2 unspecified atom stereocenters. The zero-order valence-electron chi connectivity index (χ0n) is 12.3. The molecule has 0 fully saturated rings. The fourth-order valence-corrected chi connectivity index (χ4v) is 1.41. The number of hydrogen-bond donors (Lipinski definition) is 2. The van der Waals surface area contributed by atoms with Gasteiger partial charge in [0.2, 0.25) is 0 Å². The van der Waals surface area contributed by atoms with Gasteiger partial charge < -0.3 is 15.2 Å². The molecule has 0 bridgehead atoms. The topological polar surface area (TPSA) is 58.6 Å². The Morgan fingerprint density at radius 3 is 2.65 bits per heavy atom. The van der Waals surface area contributed by atoms with E-state index in [-0.39, 0.29) is 18.4 Å². The summed E-state index contributed by atoms with van der Waals surface area (Å²) >= 11 is 0. The van der Waals surface area contributed by atoms with Crippen molar-refractivity contribution >= 4 is 5.91 Å². The van der Waals surface area contributed by atoms with Crippen LogP contribution in [0, 0.1) is 11.7 Å². The lowest BCUT2D eigenvalue weighted by Crippen LogP contribution is -2.47. The van der Waals surface area contributed by atoms with Crippen LogP contribution >= 0.6 is 0 Å². The van der Waals surface area contributed by atoms with E-state index in [0.717, 1.165) is 0 Å². The van der Waals surface area contributed by atoms with Crippen LogP contribution in [0.3, 0.4) is 0 Å². The van der Waals surface area contributed by atoms with Gasteiger partial charge in [0.05, 0.1) is 5.60 Å². The molecule has 0 aliphatic carbocycles. The van der Waals surface area contributed by atoms with E-state index in [1.54, 1.807) is 19.9 Å². The van der Waals surface area contributed by atoms with Crippen LogP contribution in [0.15, 0.2) is 24.3 Å². The molecule has 0 radical (unpaired) electrons. The summed E-state index contributed by atoms with van der Waals surface area (Å²) in [5, 5.41) is 12.7. The van der Waals surface area contributed by atoms with E-state index in [1.165, 1.54) is 18.2 Å². The molecule has 112 valence electrons. The molecule has 2 atom stereocenters. The van der Waals surface area contributed by atoms with E-state index >= 15 is 0 Å². The van der Waals surface area contributed by atoms with Crippen molar-refractivity contribution in [1.29, 1.82) is 0 Å². The van der Waals surface area contributed by atoms with Gasteiger partial charge in [-0.3, -0.25) is 4.79 Å². The highest BCUT2D eigenvalue weighted by atomic mass is 19.1. The van der Waals surface area contributed by atoms with Crippen molar-refractivity contribution in [2.24, 2.45) is 5.92 Å². The Morgan fingerprint density at radius 1 is 1.45 bits per heavy atom. The third kappa shape index (κ3) is 4.81. The molecule has 0 saturated heterocycles. The second-order valence-corrected chi connectivity index (χ2v) is 5.45. The molecule has 5 heteroatoms. The van der Waals surface area contributed by atoms with Crippen LogP contribution in [0.4, 0.5) is 4.39 Å². The van der Waals surface area contributed by atoms with Gasteiger partial charge >= 0.3 is 0 Å². The van der Waals surface area contributed by atoms with Crippen LogP contribution in [0.25, 0.3) is 0 Å². The Bertz CT molecular complexity index is 460. The molecule has 0 heterocycles. The van der Waals surface area contributed by atoms with Crippen LogP contribution in [-0.2, 0) is 4.79 Å².